The summed E-state index contributed by atoms with van der Waals surface area (Å²) in [4.78, 5) is 7.13. The van der Waals surface area contributed by atoms with Crippen LogP contribution in [0.1, 0.15) is 17.0 Å². The molecule has 0 radical (unpaired) electrons. The summed E-state index contributed by atoms with van der Waals surface area (Å²) in [6.07, 6.45) is 0. The molecule has 4 aromatic rings. The van der Waals surface area contributed by atoms with E-state index < -0.39 is 0 Å². The molecule has 1 N–H and O–H groups in total. The molecule has 0 aliphatic carbocycles. The van der Waals surface area contributed by atoms with Crippen LogP contribution in [0.4, 0.5) is 5.69 Å². The number of anilines is 1. The molecule has 3 aromatic carbocycles. The van der Waals surface area contributed by atoms with Gasteiger partial charge >= 0.3 is 0 Å². The fraction of sp³-hybridized carbons (Fsp3) is 0.292. The van der Waals surface area contributed by atoms with Gasteiger partial charge in [0.15, 0.2) is 0 Å². The molecule has 0 saturated carbocycles. The Hall–Kier alpha value is -2.89. The second-order valence-corrected chi connectivity index (χ2v) is 7.61. The molecule has 29 heavy (non-hydrogen) atoms. The molecular weight excluding hydrogens is 362 g/mol. The van der Waals surface area contributed by atoms with Gasteiger partial charge in [-0.05, 0) is 35.4 Å². The number of nitrogens with zero attached hydrogens (tertiary/aromatic N) is 3. The van der Waals surface area contributed by atoms with Crippen molar-refractivity contribution in [2.24, 2.45) is 0 Å². The van der Waals surface area contributed by atoms with Crippen molar-refractivity contribution in [3.63, 3.8) is 0 Å². The van der Waals surface area contributed by atoms with Gasteiger partial charge in [0, 0.05) is 30.9 Å². The number of aryl methyl sites for hydroxylation is 1. The van der Waals surface area contributed by atoms with E-state index in [2.05, 4.69) is 64.1 Å². The minimum Gasteiger partial charge on any atom is -0.392 e. The Morgan fingerprint density at radius 3 is 2.62 bits per heavy atom. The van der Waals surface area contributed by atoms with Gasteiger partial charge in [-0.2, -0.15) is 0 Å². The predicted octanol–water partition coefficient (Wildman–Crippen LogP) is 3.88. The summed E-state index contributed by atoms with van der Waals surface area (Å²) in [5.41, 5.74) is 5.24. The highest BCUT2D eigenvalue weighted by Crippen LogP contribution is 2.29. The highest BCUT2D eigenvalue weighted by atomic mass is 16.5. The van der Waals surface area contributed by atoms with Gasteiger partial charge in [0.2, 0.25) is 0 Å². The number of aliphatic hydroxyl groups is 1. The number of aliphatic hydroxyl groups excluding tert-OH is 1. The van der Waals surface area contributed by atoms with Crippen molar-refractivity contribution in [2.45, 2.75) is 20.1 Å². The van der Waals surface area contributed by atoms with E-state index in [1.54, 1.807) is 0 Å². The zero-order chi connectivity index (χ0) is 19.8. The summed E-state index contributed by atoms with van der Waals surface area (Å²) >= 11 is 0. The van der Waals surface area contributed by atoms with Gasteiger partial charge in [0.25, 0.3) is 0 Å². The van der Waals surface area contributed by atoms with Crippen LogP contribution in [-0.4, -0.2) is 41.0 Å². The Labute approximate surface area is 170 Å². The van der Waals surface area contributed by atoms with Crippen LogP contribution in [0.2, 0.25) is 0 Å². The van der Waals surface area contributed by atoms with Crippen molar-refractivity contribution in [1.29, 1.82) is 0 Å². The van der Waals surface area contributed by atoms with Gasteiger partial charge in [-0.15, -0.1) is 0 Å². The molecule has 0 bridgehead atoms. The van der Waals surface area contributed by atoms with Crippen LogP contribution in [0.5, 0.6) is 0 Å². The molecule has 1 aromatic heterocycles. The number of hydrogen-bond donors (Lipinski definition) is 1. The van der Waals surface area contributed by atoms with Gasteiger partial charge in [-0.25, -0.2) is 4.98 Å². The minimum atomic E-state index is -0.0145. The second-order valence-electron chi connectivity index (χ2n) is 7.61. The number of aromatic nitrogens is 2. The maximum atomic E-state index is 10.00. The summed E-state index contributed by atoms with van der Waals surface area (Å²) in [6, 6.07) is 19.2. The molecule has 1 fully saturated rings. The van der Waals surface area contributed by atoms with Crippen LogP contribution in [-0.2, 0) is 17.9 Å². The average molecular weight is 387 g/mol. The Morgan fingerprint density at radius 1 is 1.00 bits per heavy atom. The Balaban J connectivity index is 1.64. The van der Waals surface area contributed by atoms with Crippen LogP contribution in [0.25, 0.3) is 21.8 Å². The van der Waals surface area contributed by atoms with Crippen molar-refractivity contribution >= 4 is 27.5 Å². The second kappa shape index (κ2) is 7.50. The van der Waals surface area contributed by atoms with E-state index >= 15 is 0 Å². The lowest BCUT2D eigenvalue weighted by atomic mass is 10.0. The summed E-state index contributed by atoms with van der Waals surface area (Å²) in [7, 11) is 0. The predicted molar refractivity (Wildman–Crippen MR) is 116 cm³/mol. The number of rotatable bonds is 4. The molecule has 1 saturated heterocycles. The third kappa shape index (κ3) is 3.26. The smallest absolute Gasteiger partial charge is 0.107 e. The van der Waals surface area contributed by atoms with Crippen molar-refractivity contribution in [2.75, 3.05) is 31.2 Å². The Bertz CT molecular complexity index is 1170. The van der Waals surface area contributed by atoms with Crippen molar-refractivity contribution < 1.29 is 9.84 Å². The number of hydrogen-bond acceptors (Lipinski definition) is 4. The average Bonchev–Trinajstić information content (AvgIpc) is 3.09. The summed E-state index contributed by atoms with van der Waals surface area (Å²) in [5.74, 6) is 0.960. The number of benzene rings is 3. The molecule has 2 heterocycles. The highest BCUT2D eigenvalue weighted by molar-refractivity contribution is 5.87. The fourth-order valence-electron chi connectivity index (χ4n) is 4.32. The van der Waals surface area contributed by atoms with E-state index in [4.69, 9.17) is 9.72 Å². The van der Waals surface area contributed by atoms with Crippen LogP contribution in [0.3, 0.4) is 0 Å². The van der Waals surface area contributed by atoms with E-state index in [1.807, 2.05) is 6.92 Å². The molecular formula is C24H25N3O2. The molecule has 1 aliphatic heterocycles. The standard InChI is InChI=1S/C24H25N3O2/c1-17-25-24-20(16-28)13-21(26-9-11-29-12-10-26)14-23(24)27(17)15-19-7-4-6-18-5-2-3-8-22(18)19/h2-8,13-14,28H,9-12,15-16H2,1H3. The summed E-state index contributed by atoms with van der Waals surface area (Å²) in [5, 5.41) is 12.5. The third-order valence-electron chi connectivity index (χ3n) is 5.86. The first-order valence-electron chi connectivity index (χ1n) is 10.1. The SMILES string of the molecule is Cc1nc2c(CO)cc(N3CCOCC3)cc2n1Cc1cccc2ccccc12. The quantitative estimate of drug-likeness (QED) is 0.577. The molecule has 0 spiro atoms. The zero-order valence-corrected chi connectivity index (χ0v) is 16.6. The van der Waals surface area contributed by atoms with Crippen LogP contribution < -0.4 is 4.90 Å². The topological polar surface area (TPSA) is 50.5 Å². The fourth-order valence-corrected chi connectivity index (χ4v) is 4.32. The highest BCUT2D eigenvalue weighted by Gasteiger charge is 2.18. The molecule has 0 unspecified atom stereocenters. The van der Waals surface area contributed by atoms with E-state index in [1.165, 1.54) is 16.3 Å². The largest absolute Gasteiger partial charge is 0.392 e. The Morgan fingerprint density at radius 2 is 1.79 bits per heavy atom. The summed E-state index contributed by atoms with van der Waals surface area (Å²) in [6.45, 7) is 5.99. The number of ether oxygens (including phenoxy) is 1. The number of fused-ring (bicyclic) bond motifs is 2. The van der Waals surface area contributed by atoms with Crippen molar-refractivity contribution in [3.8, 4) is 0 Å². The van der Waals surface area contributed by atoms with Gasteiger partial charge < -0.3 is 19.3 Å². The monoisotopic (exact) mass is 387 g/mol. The Kier molecular flexibility index (Phi) is 4.70. The molecule has 1 aliphatic rings. The van der Waals surface area contributed by atoms with E-state index in [0.717, 1.165) is 61.0 Å². The van der Waals surface area contributed by atoms with Gasteiger partial charge in [0.1, 0.15) is 5.82 Å². The lowest BCUT2D eigenvalue weighted by molar-refractivity contribution is 0.122. The van der Waals surface area contributed by atoms with E-state index in [0.29, 0.717) is 0 Å². The van der Waals surface area contributed by atoms with E-state index in [9.17, 15) is 5.11 Å². The lowest BCUT2D eigenvalue weighted by Gasteiger charge is -2.29. The lowest BCUT2D eigenvalue weighted by Crippen LogP contribution is -2.36. The molecule has 5 nitrogen and oxygen atoms in total. The minimum absolute atomic E-state index is 0.0145. The van der Waals surface area contributed by atoms with E-state index in [-0.39, 0.29) is 6.61 Å². The first-order valence-corrected chi connectivity index (χ1v) is 10.1. The molecule has 0 atom stereocenters. The van der Waals surface area contributed by atoms with Gasteiger partial charge in [-0.3, -0.25) is 0 Å². The normalized spacial score (nSPS) is 14.8. The van der Waals surface area contributed by atoms with Crippen molar-refractivity contribution in [1.82, 2.24) is 9.55 Å². The summed E-state index contributed by atoms with van der Waals surface area (Å²) < 4.78 is 7.77. The maximum absolute atomic E-state index is 10.00. The van der Waals surface area contributed by atoms with Gasteiger partial charge in [0.05, 0.1) is 30.9 Å². The van der Waals surface area contributed by atoms with Crippen molar-refractivity contribution in [3.05, 3.63) is 71.5 Å². The molecule has 5 heteroatoms. The zero-order valence-electron chi connectivity index (χ0n) is 16.6. The van der Waals surface area contributed by atoms with Gasteiger partial charge in [-0.1, -0.05) is 42.5 Å². The van der Waals surface area contributed by atoms with Crippen LogP contribution in [0.15, 0.2) is 54.6 Å². The molecule has 0 amide bonds. The number of morpholine rings is 1. The number of imidazole rings is 1. The first-order chi connectivity index (χ1) is 14.2. The van der Waals surface area contributed by atoms with Crippen LogP contribution in [0, 0.1) is 6.92 Å². The first kappa shape index (κ1) is 18.2. The van der Waals surface area contributed by atoms with Crippen LogP contribution >= 0.6 is 0 Å². The molecule has 148 valence electrons. The maximum Gasteiger partial charge on any atom is 0.107 e. The molecule has 5 rings (SSSR count). The third-order valence-corrected chi connectivity index (χ3v) is 5.86.